The minimum Gasteiger partial charge on any atom is -0.508 e. The number of likely N-dealkylation sites (N-methyl/N-ethyl adjacent to an activating group) is 1. The van der Waals surface area contributed by atoms with E-state index >= 15 is 0 Å². The molecule has 1 atom stereocenters. The van der Waals surface area contributed by atoms with Crippen LogP contribution in [0.4, 0.5) is 5.69 Å². The number of phenolic OH excluding ortho intramolecular Hbond substituents is 1. The fourth-order valence-corrected chi connectivity index (χ4v) is 2.78. The van der Waals surface area contributed by atoms with Crippen molar-refractivity contribution >= 4 is 17.5 Å². The zero-order valence-electron chi connectivity index (χ0n) is 12.7. The average Bonchev–Trinajstić information content (AvgIpc) is 2.54. The van der Waals surface area contributed by atoms with Gasteiger partial charge in [-0.1, -0.05) is 0 Å². The Bertz CT molecular complexity index is 527. The minimum absolute atomic E-state index is 0.0104. The van der Waals surface area contributed by atoms with Crippen LogP contribution in [0.2, 0.25) is 0 Å². The molecule has 6 heteroatoms. The van der Waals surface area contributed by atoms with Crippen molar-refractivity contribution in [1.29, 1.82) is 0 Å². The molecule has 1 aromatic carbocycles. The third kappa shape index (κ3) is 3.57. The van der Waals surface area contributed by atoms with Crippen molar-refractivity contribution in [2.45, 2.75) is 31.7 Å². The van der Waals surface area contributed by atoms with Crippen LogP contribution in [0.1, 0.15) is 25.7 Å². The van der Waals surface area contributed by atoms with Gasteiger partial charge in [-0.25, -0.2) is 0 Å². The Morgan fingerprint density at radius 3 is 2.59 bits per heavy atom. The van der Waals surface area contributed by atoms with E-state index in [0.29, 0.717) is 18.7 Å². The number of aromatic hydroxyl groups is 1. The van der Waals surface area contributed by atoms with Crippen molar-refractivity contribution in [2.75, 3.05) is 25.1 Å². The van der Waals surface area contributed by atoms with Crippen LogP contribution in [0.3, 0.4) is 0 Å². The van der Waals surface area contributed by atoms with Gasteiger partial charge in [-0.3, -0.25) is 9.59 Å². The molecule has 1 heterocycles. The topological polar surface area (TPSA) is 81.1 Å². The molecule has 0 aliphatic carbocycles. The quantitative estimate of drug-likeness (QED) is 0.820. The van der Waals surface area contributed by atoms with E-state index in [1.54, 1.807) is 17.0 Å². The Kier molecular flexibility index (Phi) is 5.38. The fourth-order valence-electron chi connectivity index (χ4n) is 2.78. The van der Waals surface area contributed by atoms with Gasteiger partial charge in [0.2, 0.25) is 0 Å². The molecule has 0 radical (unpaired) electrons. The lowest BCUT2D eigenvalue weighted by atomic mass is 9.99. The molecule has 1 aliphatic heterocycles. The normalized spacial score (nSPS) is 18.1. The summed E-state index contributed by atoms with van der Waals surface area (Å²) in [6.07, 6.45) is 3.21. The zero-order chi connectivity index (χ0) is 16.1. The van der Waals surface area contributed by atoms with Gasteiger partial charge in [0.25, 0.3) is 0 Å². The van der Waals surface area contributed by atoms with Crippen LogP contribution in [0.5, 0.6) is 5.75 Å². The number of carbonyl (C=O) groups excluding carboxylic acids is 2. The van der Waals surface area contributed by atoms with E-state index in [1.807, 2.05) is 0 Å². The number of likely N-dealkylation sites (tertiary alicyclic amines) is 1. The Morgan fingerprint density at radius 1 is 1.27 bits per heavy atom. The Morgan fingerprint density at radius 2 is 1.95 bits per heavy atom. The maximum absolute atomic E-state index is 12.5. The van der Waals surface area contributed by atoms with Gasteiger partial charge in [0.15, 0.2) is 0 Å². The molecule has 1 fully saturated rings. The standard InChI is InChI=1S/C16H22N2O4/c1-17(12-5-7-14(20)8-6-12)15(21)16(22)18-10-3-2-4-13(18)9-11-19/h5-8,13,19-20H,2-4,9-11H2,1H3. The Hall–Kier alpha value is -2.08. The number of piperidine rings is 1. The van der Waals surface area contributed by atoms with Crippen molar-refractivity contribution in [2.24, 2.45) is 0 Å². The van der Waals surface area contributed by atoms with Crippen LogP contribution >= 0.6 is 0 Å². The maximum Gasteiger partial charge on any atom is 0.316 e. The number of rotatable bonds is 3. The number of aliphatic hydroxyl groups excluding tert-OH is 1. The molecular formula is C16H22N2O4. The highest BCUT2D eigenvalue weighted by atomic mass is 16.3. The van der Waals surface area contributed by atoms with Gasteiger partial charge in [-0.2, -0.15) is 0 Å². The highest BCUT2D eigenvalue weighted by Gasteiger charge is 2.32. The molecule has 0 saturated carbocycles. The summed E-state index contributed by atoms with van der Waals surface area (Å²) in [5.74, 6) is -1.03. The second-order valence-electron chi connectivity index (χ2n) is 5.54. The lowest BCUT2D eigenvalue weighted by Gasteiger charge is -2.35. The van der Waals surface area contributed by atoms with Gasteiger partial charge in [0.05, 0.1) is 0 Å². The van der Waals surface area contributed by atoms with E-state index in [-0.39, 0.29) is 18.4 Å². The van der Waals surface area contributed by atoms with Crippen molar-refractivity contribution in [3.63, 3.8) is 0 Å². The lowest BCUT2D eigenvalue weighted by molar-refractivity contribution is -0.147. The smallest absolute Gasteiger partial charge is 0.316 e. The summed E-state index contributed by atoms with van der Waals surface area (Å²) in [5, 5.41) is 18.4. The van der Waals surface area contributed by atoms with E-state index in [1.165, 1.54) is 24.1 Å². The lowest BCUT2D eigenvalue weighted by Crippen LogP contribution is -2.50. The van der Waals surface area contributed by atoms with E-state index in [0.717, 1.165) is 19.3 Å². The van der Waals surface area contributed by atoms with Gasteiger partial charge in [0, 0.05) is 31.9 Å². The molecule has 1 aromatic rings. The van der Waals surface area contributed by atoms with E-state index in [9.17, 15) is 14.7 Å². The molecular weight excluding hydrogens is 284 g/mol. The van der Waals surface area contributed by atoms with Crippen molar-refractivity contribution in [3.8, 4) is 5.75 Å². The summed E-state index contributed by atoms with van der Waals surface area (Å²) in [7, 11) is 1.54. The second kappa shape index (κ2) is 7.26. The van der Waals surface area contributed by atoms with Gasteiger partial charge >= 0.3 is 11.8 Å². The third-order valence-electron chi connectivity index (χ3n) is 4.07. The highest BCUT2D eigenvalue weighted by Crippen LogP contribution is 2.22. The van der Waals surface area contributed by atoms with Crippen LogP contribution in [0.25, 0.3) is 0 Å². The monoisotopic (exact) mass is 306 g/mol. The molecule has 2 rings (SSSR count). The van der Waals surface area contributed by atoms with E-state index in [4.69, 9.17) is 5.11 Å². The second-order valence-corrected chi connectivity index (χ2v) is 5.54. The van der Waals surface area contributed by atoms with Gasteiger partial charge < -0.3 is 20.0 Å². The molecule has 1 saturated heterocycles. The molecule has 1 aliphatic rings. The summed E-state index contributed by atoms with van der Waals surface area (Å²) in [6, 6.07) is 6.05. The van der Waals surface area contributed by atoms with E-state index < -0.39 is 11.8 Å². The molecule has 2 N–H and O–H groups in total. The number of phenols is 1. The van der Waals surface area contributed by atoms with Crippen molar-refractivity contribution < 1.29 is 19.8 Å². The van der Waals surface area contributed by atoms with Crippen LogP contribution in [0, 0.1) is 0 Å². The molecule has 6 nitrogen and oxygen atoms in total. The number of aliphatic hydroxyl groups is 1. The molecule has 0 spiro atoms. The number of amides is 2. The molecule has 0 aromatic heterocycles. The van der Waals surface area contributed by atoms with Crippen LogP contribution < -0.4 is 4.90 Å². The zero-order valence-corrected chi connectivity index (χ0v) is 12.7. The molecule has 1 unspecified atom stereocenters. The van der Waals surface area contributed by atoms with Crippen LogP contribution in [-0.2, 0) is 9.59 Å². The van der Waals surface area contributed by atoms with Crippen molar-refractivity contribution in [1.82, 2.24) is 4.90 Å². The molecule has 2 amide bonds. The Balaban J connectivity index is 2.09. The minimum atomic E-state index is -0.601. The summed E-state index contributed by atoms with van der Waals surface area (Å²) < 4.78 is 0. The van der Waals surface area contributed by atoms with Crippen LogP contribution in [0.15, 0.2) is 24.3 Å². The first-order valence-electron chi connectivity index (χ1n) is 7.53. The molecule has 22 heavy (non-hydrogen) atoms. The predicted octanol–water partition coefficient (Wildman–Crippen LogP) is 1.12. The largest absolute Gasteiger partial charge is 0.508 e. The molecule has 120 valence electrons. The Labute approximate surface area is 130 Å². The fraction of sp³-hybridized carbons (Fsp3) is 0.500. The van der Waals surface area contributed by atoms with E-state index in [2.05, 4.69) is 0 Å². The number of nitrogens with zero attached hydrogens (tertiary/aromatic N) is 2. The number of benzene rings is 1. The molecule has 0 bridgehead atoms. The third-order valence-corrected chi connectivity index (χ3v) is 4.07. The summed E-state index contributed by atoms with van der Waals surface area (Å²) >= 11 is 0. The first-order valence-corrected chi connectivity index (χ1v) is 7.53. The SMILES string of the molecule is CN(C(=O)C(=O)N1CCCCC1CCO)c1ccc(O)cc1. The number of anilines is 1. The summed E-state index contributed by atoms with van der Waals surface area (Å²) in [4.78, 5) is 27.7. The predicted molar refractivity (Wildman–Crippen MR) is 82.6 cm³/mol. The number of hydrogen-bond acceptors (Lipinski definition) is 4. The van der Waals surface area contributed by atoms with Gasteiger partial charge in [0.1, 0.15) is 5.75 Å². The average molecular weight is 306 g/mol. The van der Waals surface area contributed by atoms with Gasteiger partial charge in [-0.15, -0.1) is 0 Å². The maximum atomic E-state index is 12.5. The summed E-state index contributed by atoms with van der Waals surface area (Å²) in [6.45, 7) is 0.565. The number of carbonyl (C=O) groups is 2. The highest BCUT2D eigenvalue weighted by molar-refractivity contribution is 6.40. The van der Waals surface area contributed by atoms with Crippen molar-refractivity contribution in [3.05, 3.63) is 24.3 Å². The first-order chi connectivity index (χ1) is 10.5. The first kappa shape index (κ1) is 16.3. The summed E-state index contributed by atoms with van der Waals surface area (Å²) in [5.41, 5.74) is 0.548. The van der Waals surface area contributed by atoms with Gasteiger partial charge in [-0.05, 0) is 49.9 Å². The number of hydrogen-bond donors (Lipinski definition) is 2. The van der Waals surface area contributed by atoms with Crippen LogP contribution in [-0.4, -0.2) is 53.2 Å².